The molecule has 2 aromatic rings. The van der Waals surface area contributed by atoms with Gasteiger partial charge in [0.05, 0.1) is 11.1 Å². The fourth-order valence-electron chi connectivity index (χ4n) is 2.58. The molecule has 0 bridgehead atoms. The minimum Gasteiger partial charge on any atom is -0.398 e. The molecule has 0 saturated carbocycles. The van der Waals surface area contributed by atoms with Crippen molar-refractivity contribution in [1.82, 2.24) is 0 Å². The molecule has 0 radical (unpaired) electrons. The Morgan fingerprint density at radius 2 is 1.05 bits per heavy atom. The van der Waals surface area contributed by atoms with E-state index in [4.69, 9.17) is 11.5 Å². The number of nitrogen functional groups attached to an aromatic ring is 2. The lowest BCUT2D eigenvalue weighted by Crippen LogP contribution is -2.24. The van der Waals surface area contributed by atoms with Gasteiger partial charge in [0.2, 0.25) is 0 Å². The highest BCUT2D eigenvalue weighted by Gasteiger charge is 2.33. The fraction of sp³-hybridized carbons (Fsp3) is 0.125. The van der Waals surface area contributed by atoms with Crippen molar-refractivity contribution in [2.45, 2.75) is 13.8 Å². The van der Waals surface area contributed by atoms with E-state index in [-0.39, 0.29) is 11.6 Å². The zero-order valence-corrected chi connectivity index (χ0v) is 11.3. The highest BCUT2D eigenvalue weighted by Crippen LogP contribution is 2.35. The van der Waals surface area contributed by atoms with E-state index < -0.39 is 0 Å². The molecule has 4 heteroatoms. The first kappa shape index (κ1) is 12.4. The molecule has 0 saturated heterocycles. The first-order valence-corrected chi connectivity index (χ1v) is 6.31. The molecule has 20 heavy (non-hydrogen) atoms. The number of carbonyl (C=O) groups is 2. The molecule has 2 aromatic carbocycles. The summed E-state index contributed by atoms with van der Waals surface area (Å²) < 4.78 is 0. The van der Waals surface area contributed by atoms with Crippen molar-refractivity contribution in [3.05, 3.63) is 57.6 Å². The second-order valence-electron chi connectivity index (χ2n) is 5.10. The molecule has 3 rings (SSSR count). The van der Waals surface area contributed by atoms with Gasteiger partial charge < -0.3 is 11.5 Å². The summed E-state index contributed by atoms with van der Waals surface area (Å²) in [6.45, 7) is 3.62. The van der Waals surface area contributed by atoms with Gasteiger partial charge >= 0.3 is 0 Å². The average Bonchev–Trinajstić information content (AvgIpc) is 2.42. The summed E-state index contributed by atoms with van der Waals surface area (Å²) in [5.41, 5.74) is 15.5. The summed E-state index contributed by atoms with van der Waals surface area (Å²) in [4.78, 5) is 25.2. The molecule has 0 amide bonds. The average molecular weight is 266 g/mol. The molecule has 0 heterocycles. The number of carbonyl (C=O) groups excluding carboxylic acids is 2. The summed E-state index contributed by atoms with van der Waals surface area (Å²) in [6, 6.07) is 6.78. The first-order chi connectivity index (χ1) is 9.43. The van der Waals surface area contributed by atoms with Crippen LogP contribution in [-0.2, 0) is 0 Å². The third-order valence-corrected chi connectivity index (χ3v) is 3.87. The molecule has 0 spiro atoms. The Morgan fingerprint density at radius 1 is 0.700 bits per heavy atom. The van der Waals surface area contributed by atoms with Crippen molar-refractivity contribution in [3.8, 4) is 0 Å². The lowest BCUT2D eigenvalue weighted by atomic mass is 9.81. The van der Waals surface area contributed by atoms with Gasteiger partial charge in [0.25, 0.3) is 0 Å². The van der Waals surface area contributed by atoms with Crippen LogP contribution < -0.4 is 11.5 Å². The molecule has 4 N–H and O–H groups in total. The van der Waals surface area contributed by atoms with Crippen molar-refractivity contribution in [1.29, 1.82) is 0 Å². The zero-order chi connectivity index (χ0) is 14.6. The van der Waals surface area contributed by atoms with Gasteiger partial charge in [0.1, 0.15) is 0 Å². The van der Waals surface area contributed by atoms with Crippen molar-refractivity contribution in [2.24, 2.45) is 0 Å². The highest BCUT2D eigenvalue weighted by atomic mass is 16.1. The lowest BCUT2D eigenvalue weighted by molar-refractivity contribution is 0.0980. The zero-order valence-electron chi connectivity index (χ0n) is 11.3. The number of anilines is 2. The van der Waals surface area contributed by atoms with E-state index in [0.717, 1.165) is 11.1 Å². The molecule has 0 unspecified atom stereocenters. The molecular formula is C16H14N2O2. The Bertz CT molecular complexity index is 724. The van der Waals surface area contributed by atoms with Crippen LogP contribution in [0.4, 0.5) is 11.4 Å². The maximum Gasteiger partial charge on any atom is 0.196 e. The molecule has 0 fully saturated rings. The molecule has 100 valence electrons. The normalized spacial score (nSPS) is 13.1. The third kappa shape index (κ3) is 1.42. The molecule has 0 aromatic heterocycles. The van der Waals surface area contributed by atoms with E-state index in [1.54, 1.807) is 24.3 Å². The Morgan fingerprint density at radius 3 is 1.40 bits per heavy atom. The monoisotopic (exact) mass is 266 g/mol. The number of ketones is 2. The van der Waals surface area contributed by atoms with Crippen molar-refractivity contribution < 1.29 is 9.59 Å². The minimum atomic E-state index is -0.234. The largest absolute Gasteiger partial charge is 0.398 e. The Labute approximate surface area is 116 Å². The minimum absolute atomic E-state index is 0.234. The van der Waals surface area contributed by atoms with Crippen molar-refractivity contribution in [2.75, 3.05) is 11.5 Å². The van der Waals surface area contributed by atoms with Gasteiger partial charge in [-0.25, -0.2) is 0 Å². The number of aryl methyl sites for hydroxylation is 2. The SMILES string of the molecule is Cc1ccc2c(c1N)C(=O)c1ccc(C)c(N)c1C2=O. The van der Waals surface area contributed by atoms with Crippen LogP contribution in [0, 0.1) is 13.8 Å². The van der Waals surface area contributed by atoms with Crippen LogP contribution in [-0.4, -0.2) is 11.6 Å². The van der Waals surface area contributed by atoms with Crippen LogP contribution in [0.3, 0.4) is 0 Å². The number of rotatable bonds is 0. The van der Waals surface area contributed by atoms with E-state index in [1.165, 1.54) is 0 Å². The molecule has 4 nitrogen and oxygen atoms in total. The van der Waals surface area contributed by atoms with Gasteiger partial charge in [0.15, 0.2) is 11.6 Å². The number of benzene rings is 2. The maximum atomic E-state index is 12.6. The third-order valence-electron chi connectivity index (χ3n) is 3.87. The fourth-order valence-corrected chi connectivity index (χ4v) is 2.58. The summed E-state index contributed by atoms with van der Waals surface area (Å²) in [5.74, 6) is -0.468. The van der Waals surface area contributed by atoms with Crippen LogP contribution in [0.1, 0.15) is 43.0 Å². The summed E-state index contributed by atoms with van der Waals surface area (Å²) in [6.07, 6.45) is 0. The highest BCUT2D eigenvalue weighted by molar-refractivity contribution is 6.31. The maximum absolute atomic E-state index is 12.6. The van der Waals surface area contributed by atoms with Crippen LogP contribution in [0.15, 0.2) is 24.3 Å². The van der Waals surface area contributed by atoms with Crippen molar-refractivity contribution in [3.63, 3.8) is 0 Å². The van der Waals surface area contributed by atoms with E-state index in [2.05, 4.69) is 0 Å². The summed E-state index contributed by atoms with van der Waals surface area (Å²) in [5, 5.41) is 0. The van der Waals surface area contributed by atoms with E-state index in [0.29, 0.717) is 33.6 Å². The quantitative estimate of drug-likeness (QED) is 0.611. The van der Waals surface area contributed by atoms with Crippen LogP contribution in [0.25, 0.3) is 0 Å². The van der Waals surface area contributed by atoms with Gasteiger partial charge in [-0.2, -0.15) is 0 Å². The molecule has 1 aliphatic carbocycles. The second kappa shape index (κ2) is 3.93. The Balaban J connectivity index is 2.40. The number of hydrogen-bond donors (Lipinski definition) is 2. The topological polar surface area (TPSA) is 86.2 Å². The standard InChI is InChI=1S/C16H14N2O2/c1-7-3-5-9-11(13(7)17)15(19)10-6-4-8(2)14(18)12(10)16(9)20/h3-6H,17-18H2,1-2H3. The van der Waals surface area contributed by atoms with Crippen LogP contribution in [0.5, 0.6) is 0 Å². The smallest absolute Gasteiger partial charge is 0.196 e. The lowest BCUT2D eigenvalue weighted by Gasteiger charge is -2.21. The molecule has 0 atom stereocenters. The van der Waals surface area contributed by atoms with Gasteiger partial charge in [-0.15, -0.1) is 0 Å². The van der Waals surface area contributed by atoms with Crippen LogP contribution in [0.2, 0.25) is 0 Å². The first-order valence-electron chi connectivity index (χ1n) is 6.31. The van der Waals surface area contributed by atoms with Gasteiger partial charge in [-0.1, -0.05) is 12.1 Å². The summed E-state index contributed by atoms with van der Waals surface area (Å²) in [7, 11) is 0. The van der Waals surface area contributed by atoms with E-state index in [9.17, 15) is 9.59 Å². The van der Waals surface area contributed by atoms with E-state index in [1.807, 2.05) is 13.8 Å². The van der Waals surface area contributed by atoms with E-state index >= 15 is 0 Å². The molecular weight excluding hydrogens is 252 g/mol. The number of nitrogens with two attached hydrogens (primary N) is 2. The predicted octanol–water partition coefficient (Wildman–Crippen LogP) is 2.24. The van der Waals surface area contributed by atoms with Gasteiger partial charge in [-0.05, 0) is 37.1 Å². The Kier molecular flexibility index (Phi) is 2.44. The number of fused-ring (bicyclic) bond motifs is 2. The van der Waals surface area contributed by atoms with Crippen molar-refractivity contribution >= 4 is 22.9 Å². The van der Waals surface area contributed by atoms with Gasteiger partial charge in [-0.3, -0.25) is 9.59 Å². The Hall–Kier alpha value is -2.62. The molecule has 0 aliphatic heterocycles. The molecule has 1 aliphatic rings. The predicted molar refractivity (Wildman–Crippen MR) is 78.0 cm³/mol. The summed E-state index contributed by atoms with van der Waals surface area (Å²) >= 11 is 0. The van der Waals surface area contributed by atoms with Crippen LogP contribution >= 0.6 is 0 Å². The second-order valence-corrected chi connectivity index (χ2v) is 5.10. The van der Waals surface area contributed by atoms with Gasteiger partial charge in [0, 0.05) is 22.5 Å². The number of hydrogen-bond acceptors (Lipinski definition) is 4.